The molecule has 1 aliphatic carbocycles. The third-order valence-electron chi connectivity index (χ3n) is 4.88. The molecule has 1 N–H and O–H groups in total. The Morgan fingerprint density at radius 3 is 2.50 bits per heavy atom. The number of allylic oxidation sites excluding steroid dienone is 6. The molecule has 0 saturated carbocycles. The molecule has 0 heterocycles. The number of hydrogen-bond acceptors (Lipinski definition) is 1. The molecule has 1 aromatic carbocycles. The maximum absolute atomic E-state index is 4.40. The Hall–Kier alpha value is -2.02. The van der Waals surface area contributed by atoms with Gasteiger partial charge in [0.2, 0.25) is 0 Å². The van der Waals surface area contributed by atoms with E-state index < -0.39 is 0 Å². The van der Waals surface area contributed by atoms with Gasteiger partial charge in [0.05, 0.1) is 0 Å². The van der Waals surface area contributed by atoms with Crippen LogP contribution in [-0.2, 0) is 0 Å². The molecule has 26 heavy (non-hydrogen) atoms. The topological polar surface area (TPSA) is 12.0 Å². The van der Waals surface area contributed by atoms with Gasteiger partial charge in [-0.3, -0.25) is 0 Å². The van der Waals surface area contributed by atoms with E-state index in [4.69, 9.17) is 0 Å². The first-order chi connectivity index (χ1) is 12.3. The number of unbranched alkanes of at least 4 members (excludes halogenated alkanes) is 1. The van der Waals surface area contributed by atoms with Crippen LogP contribution in [0.4, 0.5) is 0 Å². The van der Waals surface area contributed by atoms with Crippen LogP contribution in [0, 0.1) is 12.3 Å². The molecule has 1 aromatic rings. The average Bonchev–Trinajstić information content (AvgIpc) is 2.55. The molecule has 0 unspecified atom stereocenters. The van der Waals surface area contributed by atoms with Crippen molar-refractivity contribution in [3.8, 4) is 0 Å². The van der Waals surface area contributed by atoms with Crippen LogP contribution in [0.15, 0.2) is 65.9 Å². The highest BCUT2D eigenvalue weighted by atomic mass is 14.9. The SMILES string of the molecule is C=C(NCCCCC(C)(C)C)/C(=C1\C=CC=C(C)C1)c1ccccc1C. The number of benzene rings is 1. The Balaban J connectivity index is 2.14. The van der Waals surface area contributed by atoms with Gasteiger partial charge in [-0.1, -0.05) is 81.8 Å². The van der Waals surface area contributed by atoms with Gasteiger partial charge in [-0.15, -0.1) is 0 Å². The van der Waals surface area contributed by atoms with E-state index in [0.717, 1.165) is 18.7 Å². The number of aryl methyl sites for hydroxylation is 1. The highest BCUT2D eigenvalue weighted by molar-refractivity contribution is 5.84. The second kappa shape index (κ2) is 9.07. The van der Waals surface area contributed by atoms with Crippen molar-refractivity contribution >= 4 is 5.57 Å². The molecule has 0 aliphatic heterocycles. The highest BCUT2D eigenvalue weighted by Gasteiger charge is 2.15. The van der Waals surface area contributed by atoms with Crippen LogP contribution in [0.2, 0.25) is 0 Å². The van der Waals surface area contributed by atoms with Crippen molar-refractivity contribution in [3.63, 3.8) is 0 Å². The first-order valence-corrected chi connectivity index (χ1v) is 9.84. The van der Waals surface area contributed by atoms with Crippen LogP contribution in [0.1, 0.15) is 64.5 Å². The molecule has 1 nitrogen and oxygen atoms in total. The van der Waals surface area contributed by atoms with E-state index in [0.29, 0.717) is 5.41 Å². The van der Waals surface area contributed by atoms with Crippen molar-refractivity contribution in [2.45, 2.75) is 60.3 Å². The molecule has 0 bridgehead atoms. The normalized spacial score (nSPS) is 16.3. The highest BCUT2D eigenvalue weighted by Crippen LogP contribution is 2.32. The lowest BCUT2D eigenvalue weighted by Gasteiger charge is -2.21. The quantitative estimate of drug-likeness (QED) is 0.524. The molecule has 0 aromatic heterocycles. The van der Waals surface area contributed by atoms with Crippen molar-refractivity contribution in [2.24, 2.45) is 5.41 Å². The Morgan fingerprint density at radius 1 is 1.12 bits per heavy atom. The van der Waals surface area contributed by atoms with Crippen molar-refractivity contribution in [1.82, 2.24) is 5.32 Å². The van der Waals surface area contributed by atoms with E-state index in [9.17, 15) is 0 Å². The molecule has 0 fully saturated rings. The summed E-state index contributed by atoms with van der Waals surface area (Å²) >= 11 is 0. The predicted molar refractivity (Wildman–Crippen MR) is 116 cm³/mol. The van der Waals surface area contributed by atoms with Gasteiger partial charge in [-0.05, 0) is 55.2 Å². The van der Waals surface area contributed by atoms with Gasteiger partial charge in [0.15, 0.2) is 0 Å². The smallest absolute Gasteiger partial charge is 0.0349 e. The van der Waals surface area contributed by atoms with E-state index >= 15 is 0 Å². The summed E-state index contributed by atoms with van der Waals surface area (Å²) in [7, 11) is 0. The van der Waals surface area contributed by atoms with E-state index in [1.54, 1.807) is 0 Å². The average molecular weight is 350 g/mol. The summed E-state index contributed by atoms with van der Waals surface area (Å²) in [6, 6.07) is 8.62. The van der Waals surface area contributed by atoms with Crippen molar-refractivity contribution in [2.75, 3.05) is 6.54 Å². The third-order valence-corrected chi connectivity index (χ3v) is 4.88. The summed E-state index contributed by atoms with van der Waals surface area (Å²) in [6.45, 7) is 16.7. The van der Waals surface area contributed by atoms with Gasteiger partial charge in [0.1, 0.15) is 0 Å². The second-order valence-electron chi connectivity index (χ2n) is 8.69. The standard InChI is InChI=1S/C25H35N/c1-19-12-11-14-22(18-19)24(23-15-8-7-13-20(23)2)21(3)26-17-10-9-16-25(4,5)6/h7-8,11-15,26H,3,9-10,16-18H2,1-2,4-6H3/b24-22-. The summed E-state index contributed by atoms with van der Waals surface area (Å²) in [5.41, 5.74) is 8.06. The Bertz CT molecular complexity index is 723. The molecule has 1 heteroatoms. The molecule has 140 valence electrons. The van der Waals surface area contributed by atoms with Crippen LogP contribution in [0.5, 0.6) is 0 Å². The first-order valence-electron chi connectivity index (χ1n) is 9.84. The fourth-order valence-corrected chi connectivity index (χ4v) is 3.41. The zero-order valence-electron chi connectivity index (χ0n) is 17.3. The molecule has 0 spiro atoms. The number of rotatable bonds is 7. The lowest BCUT2D eigenvalue weighted by molar-refractivity contribution is 0.360. The van der Waals surface area contributed by atoms with Crippen LogP contribution in [0.3, 0.4) is 0 Å². The van der Waals surface area contributed by atoms with E-state index in [2.05, 4.69) is 89.0 Å². The second-order valence-corrected chi connectivity index (χ2v) is 8.69. The van der Waals surface area contributed by atoms with Crippen molar-refractivity contribution in [1.29, 1.82) is 0 Å². The largest absolute Gasteiger partial charge is 0.385 e. The summed E-state index contributed by atoms with van der Waals surface area (Å²) in [5, 5.41) is 3.60. The molecule has 0 saturated heterocycles. The fourth-order valence-electron chi connectivity index (χ4n) is 3.41. The molecule has 2 rings (SSSR count). The van der Waals surface area contributed by atoms with Crippen LogP contribution >= 0.6 is 0 Å². The third kappa shape index (κ3) is 6.05. The molecule has 1 aliphatic rings. The maximum Gasteiger partial charge on any atom is 0.0349 e. The summed E-state index contributed by atoms with van der Waals surface area (Å²) < 4.78 is 0. The molecule has 0 atom stereocenters. The van der Waals surface area contributed by atoms with Gasteiger partial charge in [0, 0.05) is 17.8 Å². The number of hydrogen-bond donors (Lipinski definition) is 1. The fraction of sp³-hybridized carbons (Fsp3) is 0.440. The van der Waals surface area contributed by atoms with E-state index in [1.807, 2.05) is 0 Å². The Labute approximate surface area is 160 Å². The first kappa shape index (κ1) is 20.3. The Kier molecular flexibility index (Phi) is 7.08. The van der Waals surface area contributed by atoms with Gasteiger partial charge < -0.3 is 5.32 Å². The minimum atomic E-state index is 0.419. The van der Waals surface area contributed by atoms with Crippen LogP contribution < -0.4 is 5.32 Å². The lowest BCUT2D eigenvalue weighted by atomic mass is 9.88. The van der Waals surface area contributed by atoms with E-state index in [1.165, 1.54) is 47.1 Å². The molecular weight excluding hydrogens is 314 g/mol. The van der Waals surface area contributed by atoms with Gasteiger partial charge in [-0.2, -0.15) is 0 Å². The van der Waals surface area contributed by atoms with E-state index in [-0.39, 0.29) is 0 Å². The maximum atomic E-state index is 4.40. The molecular formula is C25H35N. The summed E-state index contributed by atoms with van der Waals surface area (Å²) in [4.78, 5) is 0. The van der Waals surface area contributed by atoms with Gasteiger partial charge >= 0.3 is 0 Å². The van der Waals surface area contributed by atoms with Crippen molar-refractivity contribution in [3.05, 3.63) is 77.0 Å². The Morgan fingerprint density at radius 2 is 1.85 bits per heavy atom. The van der Waals surface area contributed by atoms with Gasteiger partial charge in [-0.25, -0.2) is 0 Å². The zero-order valence-corrected chi connectivity index (χ0v) is 17.3. The minimum absolute atomic E-state index is 0.419. The summed E-state index contributed by atoms with van der Waals surface area (Å²) in [6.07, 6.45) is 11.3. The zero-order chi connectivity index (χ0) is 19.2. The summed E-state index contributed by atoms with van der Waals surface area (Å²) in [5.74, 6) is 0. The number of nitrogens with one attached hydrogen (secondary N) is 1. The van der Waals surface area contributed by atoms with Gasteiger partial charge in [0.25, 0.3) is 0 Å². The minimum Gasteiger partial charge on any atom is -0.385 e. The molecule has 0 radical (unpaired) electrons. The lowest BCUT2D eigenvalue weighted by Crippen LogP contribution is -2.17. The van der Waals surface area contributed by atoms with Crippen LogP contribution in [0.25, 0.3) is 5.57 Å². The monoisotopic (exact) mass is 349 g/mol. The van der Waals surface area contributed by atoms with Crippen molar-refractivity contribution < 1.29 is 0 Å². The predicted octanol–water partition coefficient (Wildman–Crippen LogP) is 6.97. The van der Waals surface area contributed by atoms with Crippen LogP contribution in [-0.4, -0.2) is 6.54 Å². The molecule has 0 amide bonds.